The molecule has 0 N–H and O–H groups in total. The van der Waals surface area contributed by atoms with Crippen molar-refractivity contribution < 1.29 is 44.4 Å². The Hall–Kier alpha value is -0.340. The van der Waals surface area contributed by atoms with Gasteiger partial charge in [0.1, 0.15) is 25.3 Å². The smallest absolute Gasteiger partial charge is 0.130 e. The number of quaternary nitrogens is 2. The number of ether oxygens (including phenoxy) is 2. The third-order valence-electron chi connectivity index (χ3n) is 6.43. The average molecular weight is 519 g/mol. The Morgan fingerprint density at radius 1 is 0.667 bits per heavy atom. The Morgan fingerprint density at radius 2 is 0.909 bits per heavy atom. The molecule has 0 radical (unpaired) electrons. The van der Waals surface area contributed by atoms with E-state index in [0.717, 1.165) is 13.2 Å². The van der Waals surface area contributed by atoms with Gasteiger partial charge in [-0.05, 0) is 47.0 Å². The second-order valence-electron chi connectivity index (χ2n) is 9.14. The second-order valence-corrected chi connectivity index (χ2v) is 12.0. The summed E-state index contributed by atoms with van der Waals surface area (Å²) in [7, 11) is -7.83. The van der Waals surface area contributed by atoms with E-state index in [1.54, 1.807) is 0 Å². The van der Waals surface area contributed by atoms with Gasteiger partial charge in [0.05, 0.1) is 72.7 Å². The van der Waals surface area contributed by atoms with Crippen LogP contribution in [0.25, 0.3) is 0 Å². The predicted octanol–water partition coefficient (Wildman–Crippen LogP) is 0.990. The summed E-state index contributed by atoms with van der Waals surface area (Å²) in [6.45, 7) is 21.5. The number of epoxide rings is 2. The summed E-state index contributed by atoms with van der Waals surface area (Å²) >= 11 is 0. The molecule has 2 heterocycles. The van der Waals surface area contributed by atoms with Crippen LogP contribution in [0.2, 0.25) is 0 Å². The molecule has 2 saturated heterocycles. The number of rotatable bonds is 14. The summed E-state index contributed by atoms with van der Waals surface area (Å²) in [5.41, 5.74) is 0. The van der Waals surface area contributed by atoms with Crippen LogP contribution in [0.5, 0.6) is 0 Å². The van der Waals surface area contributed by atoms with Gasteiger partial charge in [-0.2, -0.15) is 0 Å². The molecule has 12 heteroatoms. The van der Waals surface area contributed by atoms with E-state index in [2.05, 4.69) is 27.7 Å². The van der Waals surface area contributed by atoms with E-state index in [1.165, 1.54) is 80.6 Å². The van der Waals surface area contributed by atoms with Crippen molar-refractivity contribution in [2.75, 3.05) is 78.1 Å². The zero-order valence-corrected chi connectivity index (χ0v) is 23.0. The Bertz CT molecular complexity index is 649. The topological polar surface area (TPSA) is 139 Å². The highest BCUT2D eigenvalue weighted by Gasteiger charge is 2.36. The predicted molar refractivity (Wildman–Crippen MR) is 127 cm³/mol. The third-order valence-corrected chi connectivity index (χ3v) is 6.43. The molecule has 10 nitrogen and oxygen atoms in total. The second kappa shape index (κ2) is 14.9. The lowest BCUT2D eigenvalue weighted by atomic mass is 10.1. The van der Waals surface area contributed by atoms with Crippen molar-refractivity contribution in [1.29, 1.82) is 0 Å². The highest BCUT2D eigenvalue weighted by atomic mass is 32.2. The average Bonchev–Trinajstić information content (AvgIpc) is 3.60. The Labute approximate surface area is 201 Å². The van der Waals surface area contributed by atoms with E-state index in [4.69, 9.17) is 35.4 Å². The standard InChI is InChI=1S/C19H40N2O2.2CH4O3S/c1-5-20(6-2,14-18-16-22-18)12-10-9-11-13-21(7-3,8-4)15-19-17-23-19;2*1-5(2,3)4/h18-19H,5-17H2,1-4H3;2*1H3,(H,2,3,4)/q+2;;/p-2. The van der Waals surface area contributed by atoms with Crippen LogP contribution in [0.3, 0.4) is 0 Å². The van der Waals surface area contributed by atoms with Crippen LogP contribution < -0.4 is 0 Å². The summed E-state index contributed by atoms with van der Waals surface area (Å²) in [6, 6.07) is 0. The lowest BCUT2D eigenvalue weighted by Crippen LogP contribution is -2.51. The van der Waals surface area contributed by atoms with Crippen molar-refractivity contribution in [3.8, 4) is 0 Å². The summed E-state index contributed by atoms with van der Waals surface area (Å²) in [6.07, 6.45) is 6.41. The van der Waals surface area contributed by atoms with Crippen LogP contribution in [-0.2, 0) is 29.7 Å². The van der Waals surface area contributed by atoms with Crippen molar-refractivity contribution in [3.05, 3.63) is 0 Å². The normalized spacial score (nSPS) is 20.2. The molecule has 0 saturated carbocycles. The van der Waals surface area contributed by atoms with E-state index >= 15 is 0 Å². The minimum Gasteiger partial charge on any atom is -0.748 e. The lowest BCUT2D eigenvalue weighted by molar-refractivity contribution is -0.927. The molecular weight excluding hydrogens is 472 g/mol. The van der Waals surface area contributed by atoms with Gasteiger partial charge in [0.15, 0.2) is 0 Å². The Balaban J connectivity index is 0.000000859. The van der Waals surface area contributed by atoms with Gasteiger partial charge in [0, 0.05) is 12.5 Å². The van der Waals surface area contributed by atoms with Gasteiger partial charge in [-0.3, -0.25) is 0 Å². The van der Waals surface area contributed by atoms with Crippen LogP contribution in [0.15, 0.2) is 0 Å². The molecule has 2 rings (SSSR count). The first-order chi connectivity index (χ1) is 15.1. The summed E-state index contributed by atoms with van der Waals surface area (Å²) < 4.78 is 67.9. The number of nitrogens with zero attached hydrogens (tertiary/aromatic N) is 2. The maximum atomic E-state index is 9.08. The van der Waals surface area contributed by atoms with Gasteiger partial charge < -0.3 is 27.5 Å². The first kappa shape index (κ1) is 32.7. The lowest BCUT2D eigenvalue weighted by Gasteiger charge is -2.38. The molecule has 0 spiro atoms. The van der Waals surface area contributed by atoms with Crippen LogP contribution in [0.4, 0.5) is 0 Å². The fourth-order valence-corrected chi connectivity index (χ4v) is 4.06. The van der Waals surface area contributed by atoms with Crippen molar-refractivity contribution in [2.45, 2.75) is 59.2 Å². The SMILES string of the molecule is CC[N+](CC)(CCCCC[N+](CC)(CC)CC1CO1)CC1CO1.CS(=O)(=O)[O-].CS(=O)(=O)[O-]. The van der Waals surface area contributed by atoms with Gasteiger partial charge in [-0.1, -0.05) is 0 Å². The molecule has 2 fully saturated rings. The molecular formula is C21H46N2O8S2. The number of unbranched alkanes of at least 4 members (excludes halogenated alkanes) is 2. The van der Waals surface area contributed by atoms with Gasteiger partial charge in [-0.25, -0.2) is 16.8 Å². The fraction of sp³-hybridized carbons (Fsp3) is 1.00. The molecule has 0 aromatic carbocycles. The van der Waals surface area contributed by atoms with Crippen molar-refractivity contribution in [2.24, 2.45) is 0 Å². The van der Waals surface area contributed by atoms with E-state index in [9.17, 15) is 0 Å². The van der Waals surface area contributed by atoms with Crippen molar-refractivity contribution in [3.63, 3.8) is 0 Å². The molecule has 2 aliphatic heterocycles. The number of hydrogen-bond donors (Lipinski definition) is 0. The van der Waals surface area contributed by atoms with E-state index in [0.29, 0.717) is 24.7 Å². The van der Waals surface area contributed by atoms with E-state index in [-0.39, 0.29) is 0 Å². The molecule has 200 valence electrons. The van der Waals surface area contributed by atoms with Crippen molar-refractivity contribution >= 4 is 20.2 Å². The van der Waals surface area contributed by atoms with Crippen LogP contribution >= 0.6 is 0 Å². The van der Waals surface area contributed by atoms with Gasteiger partial charge in [0.2, 0.25) is 0 Å². The maximum Gasteiger partial charge on any atom is 0.130 e. The molecule has 2 atom stereocenters. The highest BCUT2D eigenvalue weighted by molar-refractivity contribution is 7.85. The number of hydrogen-bond acceptors (Lipinski definition) is 8. The summed E-state index contributed by atoms with van der Waals surface area (Å²) in [4.78, 5) is 0. The number of likely N-dealkylation sites (N-methyl/N-ethyl adjacent to an activating group) is 2. The summed E-state index contributed by atoms with van der Waals surface area (Å²) in [5, 5.41) is 0. The molecule has 0 aliphatic carbocycles. The molecule has 0 aromatic heterocycles. The Kier molecular flexibility index (Phi) is 14.8. The largest absolute Gasteiger partial charge is 0.748 e. The minimum atomic E-state index is -3.92. The fourth-order valence-electron chi connectivity index (χ4n) is 4.06. The van der Waals surface area contributed by atoms with Gasteiger partial charge in [0.25, 0.3) is 0 Å². The first-order valence-electron chi connectivity index (χ1n) is 11.9. The van der Waals surface area contributed by atoms with Gasteiger partial charge in [-0.15, -0.1) is 0 Å². The highest BCUT2D eigenvalue weighted by Crippen LogP contribution is 2.21. The van der Waals surface area contributed by atoms with Crippen LogP contribution in [0.1, 0.15) is 47.0 Å². The zero-order valence-electron chi connectivity index (χ0n) is 21.3. The van der Waals surface area contributed by atoms with Gasteiger partial charge >= 0.3 is 0 Å². The molecule has 2 unspecified atom stereocenters. The molecule has 0 aromatic rings. The van der Waals surface area contributed by atoms with E-state index < -0.39 is 20.2 Å². The van der Waals surface area contributed by atoms with E-state index in [1.807, 2.05) is 0 Å². The van der Waals surface area contributed by atoms with Crippen LogP contribution in [-0.4, -0.2) is 125 Å². The molecule has 33 heavy (non-hydrogen) atoms. The third kappa shape index (κ3) is 19.6. The first-order valence-corrected chi connectivity index (χ1v) is 15.5. The van der Waals surface area contributed by atoms with Crippen molar-refractivity contribution in [1.82, 2.24) is 0 Å². The van der Waals surface area contributed by atoms with Crippen LogP contribution in [0, 0.1) is 0 Å². The monoisotopic (exact) mass is 518 g/mol. The molecule has 0 amide bonds. The maximum absolute atomic E-state index is 9.08. The molecule has 0 bridgehead atoms. The quantitative estimate of drug-likeness (QED) is 0.144. The molecule has 2 aliphatic rings. The zero-order chi connectivity index (χ0) is 25.8. The minimum absolute atomic E-state index is 0.554. The Morgan fingerprint density at radius 3 is 1.09 bits per heavy atom. The summed E-state index contributed by atoms with van der Waals surface area (Å²) in [5.74, 6) is 0.